The quantitative estimate of drug-likeness (QED) is 0.656. The Morgan fingerprint density at radius 3 is 2.93 bits per heavy atom. The van der Waals surface area contributed by atoms with Crippen LogP contribution in [-0.4, -0.2) is 36.8 Å². The number of thioether (sulfide) groups is 1. The number of carbonyl (C=O) groups is 1. The molecule has 142 valence electrons. The number of thiophene rings is 1. The van der Waals surface area contributed by atoms with E-state index in [4.69, 9.17) is 0 Å². The number of nitrogens with zero attached hydrogens (tertiary/aromatic N) is 3. The molecule has 0 spiro atoms. The number of aromatic nitrogens is 1. The molecule has 7 nitrogen and oxygen atoms in total. The molecule has 3 aromatic rings. The summed E-state index contributed by atoms with van der Waals surface area (Å²) < 4.78 is 27.3. The van der Waals surface area contributed by atoms with Gasteiger partial charge in [0.25, 0.3) is 15.9 Å². The van der Waals surface area contributed by atoms with Crippen LogP contribution in [0.3, 0.4) is 0 Å². The molecule has 0 saturated carbocycles. The van der Waals surface area contributed by atoms with Gasteiger partial charge in [0.15, 0.2) is 10.3 Å². The molecule has 2 aliphatic rings. The Labute approximate surface area is 173 Å². The van der Waals surface area contributed by atoms with E-state index < -0.39 is 10.0 Å². The van der Waals surface area contributed by atoms with Crippen LogP contribution in [0.1, 0.15) is 10.4 Å². The fourth-order valence-corrected chi connectivity index (χ4v) is 6.67. The molecule has 0 bridgehead atoms. The minimum atomic E-state index is -3.40. The number of fused-ring (bicyclic) bond motifs is 3. The van der Waals surface area contributed by atoms with Gasteiger partial charge in [-0.25, -0.2) is 13.4 Å². The number of anilines is 2. The summed E-state index contributed by atoms with van der Waals surface area (Å²) >= 11 is 4.24. The Balaban J connectivity index is 1.37. The van der Waals surface area contributed by atoms with E-state index in [1.807, 2.05) is 33.9 Å². The van der Waals surface area contributed by atoms with Crippen LogP contribution < -0.4 is 10.2 Å². The fraction of sp³-hybridized carbons (Fsp3) is 0.118. The van der Waals surface area contributed by atoms with E-state index >= 15 is 0 Å². The first kappa shape index (κ1) is 17.9. The molecule has 0 saturated heterocycles. The lowest BCUT2D eigenvalue weighted by molar-refractivity contribution is 0.102. The molecule has 0 unspecified atom stereocenters. The number of benzene rings is 1. The van der Waals surface area contributed by atoms with Crippen LogP contribution in [0.15, 0.2) is 50.4 Å². The summed E-state index contributed by atoms with van der Waals surface area (Å²) in [6, 6.07) is 9.27. The Kier molecular flexibility index (Phi) is 4.27. The summed E-state index contributed by atoms with van der Waals surface area (Å²) in [5.41, 5.74) is 2.21. The lowest BCUT2D eigenvalue weighted by atomic mass is 10.2. The zero-order valence-electron chi connectivity index (χ0n) is 14.2. The third-order valence-corrected chi connectivity index (χ3v) is 8.19. The first-order valence-electron chi connectivity index (χ1n) is 8.21. The average Bonchev–Trinajstić information content (AvgIpc) is 3.39. The zero-order chi connectivity index (χ0) is 19.3. The smallest absolute Gasteiger partial charge is 0.257 e. The normalized spacial score (nSPS) is 17.0. The van der Waals surface area contributed by atoms with Gasteiger partial charge >= 0.3 is 0 Å². The zero-order valence-corrected chi connectivity index (χ0v) is 17.4. The van der Waals surface area contributed by atoms with Crippen molar-refractivity contribution in [3.05, 3.63) is 46.7 Å². The molecular weight excluding hydrogens is 436 g/mol. The van der Waals surface area contributed by atoms with Gasteiger partial charge in [0.2, 0.25) is 0 Å². The number of hydrogen-bond acceptors (Lipinski definition) is 8. The largest absolute Gasteiger partial charge is 0.318 e. The van der Waals surface area contributed by atoms with E-state index in [1.54, 1.807) is 23.5 Å². The number of sulfonamides is 1. The van der Waals surface area contributed by atoms with Gasteiger partial charge in [-0.3, -0.25) is 10.1 Å². The van der Waals surface area contributed by atoms with Crippen LogP contribution in [0.4, 0.5) is 10.8 Å². The summed E-state index contributed by atoms with van der Waals surface area (Å²) in [6.45, 7) is 0.372. The van der Waals surface area contributed by atoms with E-state index in [9.17, 15) is 13.2 Å². The Morgan fingerprint density at radius 1 is 1.21 bits per heavy atom. The molecule has 28 heavy (non-hydrogen) atoms. The molecule has 5 rings (SSSR count). The van der Waals surface area contributed by atoms with Crippen molar-refractivity contribution in [1.29, 1.82) is 0 Å². The lowest BCUT2D eigenvalue weighted by Crippen LogP contribution is -2.35. The topological polar surface area (TPSA) is 91.7 Å². The van der Waals surface area contributed by atoms with Gasteiger partial charge in [-0.1, -0.05) is 6.07 Å². The molecule has 0 atom stereocenters. The molecule has 11 heteroatoms. The van der Waals surface area contributed by atoms with Crippen molar-refractivity contribution in [1.82, 2.24) is 4.98 Å². The number of nitrogens with one attached hydrogen (secondary N) is 1. The maximum Gasteiger partial charge on any atom is 0.257 e. The Morgan fingerprint density at radius 2 is 2.11 bits per heavy atom. The summed E-state index contributed by atoms with van der Waals surface area (Å²) in [7, 11) is -3.40. The predicted octanol–water partition coefficient (Wildman–Crippen LogP) is 3.74. The summed E-state index contributed by atoms with van der Waals surface area (Å²) in [5.74, 6) is -0.259. The van der Waals surface area contributed by atoms with Gasteiger partial charge in [0.05, 0.1) is 22.0 Å². The van der Waals surface area contributed by atoms with Crippen LogP contribution in [-0.2, 0) is 10.0 Å². The second-order valence-corrected chi connectivity index (χ2v) is 10.6. The fourth-order valence-electron chi connectivity index (χ4n) is 2.91. The van der Waals surface area contributed by atoms with Gasteiger partial charge in [-0.15, -0.1) is 27.1 Å². The van der Waals surface area contributed by atoms with E-state index in [1.165, 1.54) is 23.1 Å². The minimum Gasteiger partial charge on any atom is -0.318 e. The third kappa shape index (κ3) is 3.24. The molecule has 0 radical (unpaired) electrons. The predicted molar refractivity (Wildman–Crippen MR) is 114 cm³/mol. The van der Waals surface area contributed by atoms with E-state index in [0.717, 1.165) is 21.2 Å². The average molecular weight is 449 g/mol. The van der Waals surface area contributed by atoms with Crippen LogP contribution >= 0.6 is 34.4 Å². The van der Waals surface area contributed by atoms with Crippen molar-refractivity contribution in [3.63, 3.8) is 0 Å². The SMILES string of the molecule is O=C(Nc1nc(-c2cccs2)cs1)c1ccc2c(c1)SC1=NS(=O)(=O)CCN12. The van der Waals surface area contributed by atoms with Crippen LogP contribution in [0.5, 0.6) is 0 Å². The van der Waals surface area contributed by atoms with Crippen LogP contribution in [0, 0.1) is 0 Å². The van der Waals surface area contributed by atoms with Gasteiger partial charge < -0.3 is 4.90 Å². The van der Waals surface area contributed by atoms with E-state index in [0.29, 0.717) is 22.4 Å². The summed E-state index contributed by atoms with van der Waals surface area (Å²) in [6.07, 6.45) is 0. The van der Waals surface area contributed by atoms with Crippen LogP contribution in [0.2, 0.25) is 0 Å². The second kappa shape index (κ2) is 6.69. The molecule has 2 aliphatic heterocycles. The van der Waals surface area contributed by atoms with Crippen molar-refractivity contribution in [2.75, 3.05) is 22.5 Å². The number of rotatable bonds is 3. The van der Waals surface area contributed by atoms with Gasteiger partial charge in [-0.2, -0.15) is 0 Å². The number of hydrogen-bond donors (Lipinski definition) is 1. The minimum absolute atomic E-state index is 0.00460. The molecular formula is C17H12N4O3S4. The molecule has 4 heterocycles. The molecule has 1 aromatic carbocycles. The lowest BCUT2D eigenvalue weighted by Gasteiger charge is -2.22. The van der Waals surface area contributed by atoms with Crippen molar-refractivity contribution in [2.45, 2.75) is 4.90 Å². The number of thiazole rings is 1. The number of amidine groups is 1. The highest BCUT2D eigenvalue weighted by molar-refractivity contribution is 8.15. The van der Waals surface area contributed by atoms with Gasteiger partial charge in [0.1, 0.15) is 0 Å². The number of amides is 1. The maximum absolute atomic E-state index is 12.6. The molecule has 0 fully saturated rings. The highest BCUT2D eigenvalue weighted by atomic mass is 32.2. The first-order chi connectivity index (χ1) is 13.5. The Bertz CT molecular complexity index is 1220. The van der Waals surface area contributed by atoms with Crippen molar-refractivity contribution in [3.8, 4) is 10.6 Å². The highest BCUT2D eigenvalue weighted by Crippen LogP contribution is 2.42. The van der Waals surface area contributed by atoms with Gasteiger partial charge in [0, 0.05) is 22.4 Å². The number of carbonyl (C=O) groups excluding carboxylic acids is 1. The monoisotopic (exact) mass is 448 g/mol. The summed E-state index contributed by atoms with van der Waals surface area (Å²) in [4.78, 5) is 20.8. The third-order valence-electron chi connectivity index (χ3n) is 4.23. The van der Waals surface area contributed by atoms with Crippen molar-refractivity contribution >= 4 is 66.4 Å². The van der Waals surface area contributed by atoms with E-state index in [2.05, 4.69) is 14.7 Å². The second-order valence-electron chi connectivity index (χ2n) is 6.07. The van der Waals surface area contributed by atoms with Crippen LogP contribution in [0.25, 0.3) is 10.6 Å². The van der Waals surface area contributed by atoms with Crippen molar-refractivity contribution < 1.29 is 13.2 Å². The molecule has 1 N–H and O–H groups in total. The van der Waals surface area contributed by atoms with E-state index in [-0.39, 0.29) is 11.7 Å². The van der Waals surface area contributed by atoms with Crippen molar-refractivity contribution in [2.24, 2.45) is 4.40 Å². The standard InChI is InChI=1S/C17H12N4O3S4/c22-15(19-16-18-11(9-26-16)13-2-1-6-25-13)10-3-4-12-14(8-10)27-17-20-28(23,24)7-5-21(12)17/h1-4,6,8-9H,5,7H2,(H,18,19,22). The maximum atomic E-state index is 12.6. The molecule has 1 amide bonds. The van der Waals surface area contributed by atoms with Gasteiger partial charge in [-0.05, 0) is 41.4 Å². The molecule has 0 aliphatic carbocycles. The molecule has 2 aromatic heterocycles. The first-order valence-corrected chi connectivity index (χ1v) is 12.4. The Hall–Kier alpha value is -2.21. The highest BCUT2D eigenvalue weighted by Gasteiger charge is 2.33. The summed E-state index contributed by atoms with van der Waals surface area (Å²) in [5, 5.41) is 7.71.